The third-order valence-electron chi connectivity index (χ3n) is 4.30. The quantitative estimate of drug-likeness (QED) is 0.302. The molecule has 11 heteroatoms. The molecule has 28 heavy (non-hydrogen) atoms. The zero-order valence-corrected chi connectivity index (χ0v) is 19.2. The predicted octanol–water partition coefficient (Wildman–Crippen LogP) is 1.24. The van der Waals surface area contributed by atoms with Gasteiger partial charge in [0.15, 0.2) is 5.96 Å². The second-order valence-electron chi connectivity index (χ2n) is 6.22. The lowest BCUT2D eigenvalue weighted by Crippen LogP contribution is -2.49. The Morgan fingerprint density at radius 3 is 2.39 bits per heavy atom. The highest BCUT2D eigenvalue weighted by Crippen LogP contribution is 2.12. The zero-order valence-electron chi connectivity index (χ0n) is 16.1. The molecule has 1 heterocycles. The van der Waals surface area contributed by atoms with Gasteiger partial charge in [0.1, 0.15) is 0 Å². The first-order valence-electron chi connectivity index (χ1n) is 8.84. The van der Waals surface area contributed by atoms with Gasteiger partial charge in [-0.2, -0.15) is 0 Å². The van der Waals surface area contributed by atoms with E-state index in [-0.39, 0.29) is 41.0 Å². The Morgan fingerprint density at radius 1 is 1.29 bits per heavy atom. The number of carbonyl (C=O) groups excluding carboxylic acids is 1. The molecule has 1 saturated heterocycles. The molecule has 0 saturated carbocycles. The van der Waals surface area contributed by atoms with Gasteiger partial charge >= 0.3 is 6.09 Å². The average molecular weight is 525 g/mol. The van der Waals surface area contributed by atoms with Gasteiger partial charge in [0.25, 0.3) is 0 Å². The number of ether oxygens (including phenoxy) is 1. The third kappa shape index (κ3) is 7.43. The van der Waals surface area contributed by atoms with Crippen LogP contribution in [-0.2, 0) is 21.3 Å². The molecule has 1 fully saturated rings. The second-order valence-corrected chi connectivity index (χ2v) is 7.78. The summed E-state index contributed by atoms with van der Waals surface area (Å²) in [7, 11) is -1.99. The number of nitrogens with two attached hydrogens (primary N) is 1. The smallest absolute Gasteiger partial charge is 0.409 e. The number of benzene rings is 1. The summed E-state index contributed by atoms with van der Waals surface area (Å²) in [6.45, 7) is 3.95. The molecule has 0 atom stereocenters. The third-order valence-corrected chi connectivity index (χ3v) is 5.23. The molecule has 0 radical (unpaired) electrons. The largest absolute Gasteiger partial charge is 0.450 e. The normalized spacial score (nSPS) is 15.5. The first kappa shape index (κ1) is 24.4. The molecular weight excluding hydrogens is 497 g/mol. The van der Waals surface area contributed by atoms with Crippen LogP contribution in [0.15, 0.2) is 34.2 Å². The van der Waals surface area contributed by atoms with Crippen molar-refractivity contribution in [1.29, 1.82) is 0 Å². The van der Waals surface area contributed by atoms with E-state index in [1.807, 2.05) is 0 Å². The molecule has 4 N–H and O–H groups in total. The number of guanidine groups is 1. The van der Waals surface area contributed by atoms with Gasteiger partial charge in [0.05, 0.1) is 11.5 Å². The summed E-state index contributed by atoms with van der Waals surface area (Å²) in [5, 5.41) is 11.6. The molecule has 0 aliphatic carbocycles. The van der Waals surface area contributed by atoms with Crippen LogP contribution in [0.1, 0.15) is 25.3 Å². The summed E-state index contributed by atoms with van der Waals surface area (Å²) in [5.41, 5.74) is 0.905. The first-order chi connectivity index (χ1) is 12.8. The van der Waals surface area contributed by atoms with Crippen LogP contribution in [0, 0.1) is 0 Å². The molecule has 0 unspecified atom stereocenters. The van der Waals surface area contributed by atoms with E-state index in [9.17, 15) is 13.2 Å². The Labute approximate surface area is 183 Å². The van der Waals surface area contributed by atoms with Gasteiger partial charge < -0.3 is 20.3 Å². The lowest BCUT2D eigenvalue weighted by Gasteiger charge is -2.32. The fourth-order valence-electron chi connectivity index (χ4n) is 2.79. The number of likely N-dealkylation sites (tertiary alicyclic amines) is 1. The molecule has 9 nitrogen and oxygen atoms in total. The van der Waals surface area contributed by atoms with Crippen LogP contribution in [0.5, 0.6) is 0 Å². The molecule has 0 aromatic heterocycles. The van der Waals surface area contributed by atoms with Crippen LogP contribution >= 0.6 is 24.0 Å². The summed E-state index contributed by atoms with van der Waals surface area (Å²) >= 11 is 0. The van der Waals surface area contributed by atoms with Crippen LogP contribution < -0.4 is 15.8 Å². The van der Waals surface area contributed by atoms with E-state index in [0.717, 1.165) is 18.4 Å². The van der Waals surface area contributed by atoms with Gasteiger partial charge in [-0.25, -0.2) is 18.4 Å². The van der Waals surface area contributed by atoms with Crippen molar-refractivity contribution in [1.82, 2.24) is 15.5 Å². The molecule has 1 aromatic carbocycles. The Balaban J connectivity index is 0.00000392. The number of carbonyl (C=O) groups is 1. The van der Waals surface area contributed by atoms with E-state index in [0.29, 0.717) is 32.2 Å². The maximum Gasteiger partial charge on any atom is 0.409 e. The Bertz CT molecular complexity index is 762. The molecule has 1 aliphatic heterocycles. The van der Waals surface area contributed by atoms with E-state index in [1.165, 1.54) is 12.1 Å². The van der Waals surface area contributed by atoms with Crippen LogP contribution in [0.3, 0.4) is 0 Å². The monoisotopic (exact) mass is 525 g/mol. The molecule has 1 aliphatic rings. The standard InChI is InChI=1S/C17H27N5O4S.HI/c1-3-26-17(23)22-10-8-14(9-11-22)21-16(19-2)20-12-13-4-6-15(7-5-13)27(18,24)25;/h4-7,14H,3,8-12H2,1-2H3,(H2,18,24,25)(H2,19,20,21);1H. The van der Waals surface area contributed by atoms with Crippen molar-refractivity contribution >= 4 is 46.1 Å². The zero-order chi connectivity index (χ0) is 19.9. The van der Waals surface area contributed by atoms with E-state index < -0.39 is 10.0 Å². The number of sulfonamides is 1. The lowest BCUT2D eigenvalue weighted by atomic mass is 10.1. The molecule has 0 spiro atoms. The molecule has 1 aromatic rings. The minimum atomic E-state index is -3.68. The van der Waals surface area contributed by atoms with Crippen LogP contribution in [0.2, 0.25) is 0 Å². The van der Waals surface area contributed by atoms with E-state index in [2.05, 4.69) is 15.6 Å². The van der Waals surface area contributed by atoms with Gasteiger partial charge in [0, 0.05) is 32.7 Å². The summed E-state index contributed by atoms with van der Waals surface area (Å²) in [5.74, 6) is 0.653. The molecule has 0 bridgehead atoms. The fraction of sp³-hybridized carbons (Fsp3) is 0.529. The first-order valence-corrected chi connectivity index (χ1v) is 10.4. The van der Waals surface area contributed by atoms with E-state index in [4.69, 9.17) is 9.88 Å². The van der Waals surface area contributed by atoms with Gasteiger partial charge in [-0.15, -0.1) is 24.0 Å². The number of primary sulfonamides is 1. The maximum atomic E-state index is 11.7. The van der Waals surface area contributed by atoms with Crippen molar-refractivity contribution in [3.8, 4) is 0 Å². The van der Waals surface area contributed by atoms with E-state index >= 15 is 0 Å². The highest BCUT2D eigenvalue weighted by molar-refractivity contribution is 14.0. The van der Waals surface area contributed by atoms with Crippen LogP contribution in [0.4, 0.5) is 4.79 Å². The van der Waals surface area contributed by atoms with Crippen molar-refractivity contribution in [3.63, 3.8) is 0 Å². The van der Waals surface area contributed by atoms with Gasteiger partial charge in [0.2, 0.25) is 10.0 Å². The van der Waals surface area contributed by atoms with Gasteiger partial charge in [-0.3, -0.25) is 4.99 Å². The van der Waals surface area contributed by atoms with Crippen molar-refractivity contribution in [2.24, 2.45) is 10.1 Å². The van der Waals surface area contributed by atoms with E-state index in [1.54, 1.807) is 31.0 Å². The summed E-state index contributed by atoms with van der Waals surface area (Å²) in [6, 6.07) is 6.59. The molecule has 158 valence electrons. The molecular formula is C17H28IN5O4S. The van der Waals surface area contributed by atoms with Gasteiger partial charge in [-0.05, 0) is 37.5 Å². The van der Waals surface area contributed by atoms with Crippen molar-refractivity contribution in [3.05, 3.63) is 29.8 Å². The van der Waals surface area contributed by atoms with Gasteiger partial charge in [-0.1, -0.05) is 12.1 Å². The van der Waals surface area contributed by atoms with Crippen molar-refractivity contribution in [2.75, 3.05) is 26.7 Å². The van der Waals surface area contributed by atoms with Crippen molar-refractivity contribution < 1.29 is 17.9 Å². The number of piperidine rings is 1. The number of amides is 1. The number of nitrogens with zero attached hydrogens (tertiary/aromatic N) is 2. The second kappa shape index (κ2) is 11.4. The Hall–Kier alpha value is -1.60. The maximum absolute atomic E-state index is 11.7. The highest BCUT2D eigenvalue weighted by Gasteiger charge is 2.24. The molecule has 1 amide bonds. The Kier molecular flexibility index (Phi) is 9.96. The Morgan fingerprint density at radius 2 is 1.89 bits per heavy atom. The summed E-state index contributed by atoms with van der Waals surface area (Å²) in [6.07, 6.45) is 1.35. The number of hydrogen-bond donors (Lipinski definition) is 3. The number of rotatable bonds is 5. The van der Waals surface area contributed by atoms with Crippen molar-refractivity contribution in [2.45, 2.75) is 37.2 Å². The number of nitrogens with one attached hydrogen (secondary N) is 2. The summed E-state index contributed by atoms with van der Waals surface area (Å²) < 4.78 is 27.6. The SMILES string of the molecule is CCOC(=O)N1CCC(NC(=NC)NCc2ccc(S(N)(=O)=O)cc2)CC1.I. The molecule has 2 rings (SSSR count). The number of halogens is 1. The average Bonchev–Trinajstić information content (AvgIpc) is 2.65. The predicted molar refractivity (Wildman–Crippen MR) is 118 cm³/mol. The lowest BCUT2D eigenvalue weighted by molar-refractivity contribution is 0.0963. The van der Waals surface area contributed by atoms with Crippen LogP contribution in [0.25, 0.3) is 0 Å². The highest BCUT2D eigenvalue weighted by atomic mass is 127. The minimum Gasteiger partial charge on any atom is -0.450 e. The summed E-state index contributed by atoms with van der Waals surface area (Å²) in [4.78, 5) is 17.7. The number of aliphatic imine (C=N–C) groups is 1. The number of hydrogen-bond acceptors (Lipinski definition) is 5. The topological polar surface area (TPSA) is 126 Å². The fourth-order valence-corrected chi connectivity index (χ4v) is 3.31. The van der Waals surface area contributed by atoms with Crippen LogP contribution in [-0.4, -0.2) is 58.2 Å². The minimum absolute atomic E-state index is 0.